The molecule has 31 heavy (non-hydrogen) atoms. The first-order valence-electron chi connectivity index (χ1n) is 10.8. The molecule has 2 aromatic rings. The van der Waals surface area contributed by atoms with Gasteiger partial charge in [-0.15, -0.1) is 0 Å². The number of para-hydroxylation sites is 2. The second kappa shape index (κ2) is 9.93. The van der Waals surface area contributed by atoms with E-state index in [1.807, 2.05) is 71.6 Å². The number of nitrogens with zero attached hydrogens (tertiary/aromatic N) is 2. The first-order valence-corrected chi connectivity index (χ1v) is 11.7. The summed E-state index contributed by atoms with van der Waals surface area (Å²) < 4.78 is 5.56. The first kappa shape index (κ1) is 21.3. The van der Waals surface area contributed by atoms with Crippen molar-refractivity contribution in [1.82, 2.24) is 4.90 Å². The topological polar surface area (TPSA) is 65.4 Å². The van der Waals surface area contributed by atoms with Crippen LogP contribution in [-0.2, 0) is 4.79 Å². The Hall–Kier alpha value is -2.91. The van der Waals surface area contributed by atoms with E-state index in [0.29, 0.717) is 16.6 Å². The molecule has 2 aromatic carbocycles. The number of hydrogen-bond acceptors (Lipinski definition) is 5. The number of nitrogens with one attached hydrogen (secondary N) is 1. The van der Waals surface area contributed by atoms with E-state index in [2.05, 4.69) is 12.2 Å². The molecular formula is C25H27N3O2S. The Morgan fingerprint density at radius 2 is 1.90 bits per heavy atom. The second-order valence-electron chi connectivity index (χ2n) is 8.02. The Labute approximate surface area is 188 Å². The quantitative estimate of drug-likeness (QED) is 0.611. The molecule has 1 aliphatic heterocycles. The molecule has 160 valence electrons. The maximum absolute atomic E-state index is 13.6. The number of hydrogen-bond donors (Lipinski definition) is 1. The van der Waals surface area contributed by atoms with Gasteiger partial charge in [-0.25, -0.2) is 0 Å². The third kappa shape index (κ3) is 4.88. The lowest BCUT2D eigenvalue weighted by Gasteiger charge is -2.39. The van der Waals surface area contributed by atoms with Crippen LogP contribution < -0.4 is 10.1 Å². The maximum Gasteiger partial charge on any atom is 0.262 e. The van der Waals surface area contributed by atoms with Crippen LogP contribution in [0.15, 0.2) is 59.5 Å². The van der Waals surface area contributed by atoms with Crippen LogP contribution >= 0.6 is 11.8 Å². The predicted molar refractivity (Wildman–Crippen MR) is 125 cm³/mol. The van der Waals surface area contributed by atoms with Gasteiger partial charge in [-0.05, 0) is 43.0 Å². The highest BCUT2D eigenvalue weighted by molar-refractivity contribution is 8.05. The van der Waals surface area contributed by atoms with Crippen molar-refractivity contribution in [3.8, 4) is 11.8 Å². The van der Waals surface area contributed by atoms with Crippen molar-refractivity contribution >= 4 is 29.4 Å². The summed E-state index contributed by atoms with van der Waals surface area (Å²) in [5.74, 6) is 1.15. The van der Waals surface area contributed by atoms with Crippen molar-refractivity contribution in [3.05, 3.63) is 65.1 Å². The zero-order valence-electron chi connectivity index (χ0n) is 17.7. The van der Waals surface area contributed by atoms with Crippen LogP contribution in [0.1, 0.15) is 38.2 Å². The molecule has 1 aliphatic carbocycles. The molecule has 3 atom stereocenters. The van der Waals surface area contributed by atoms with Gasteiger partial charge in [-0.3, -0.25) is 4.79 Å². The molecule has 6 heteroatoms. The van der Waals surface area contributed by atoms with Crippen molar-refractivity contribution in [1.29, 1.82) is 5.26 Å². The monoisotopic (exact) mass is 433 g/mol. The number of ether oxygens (including phenoxy) is 1. The number of anilines is 1. The number of thioether (sulfide) groups is 1. The molecule has 1 amide bonds. The summed E-state index contributed by atoms with van der Waals surface area (Å²) in [6, 6.07) is 19.8. The molecule has 0 aromatic heterocycles. The van der Waals surface area contributed by atoms with E-state index >= 15 is 0 Å². The summed E-state index contributed by atoms with van der Waals surface area (Å²) >= 11 is 1.55. The normalized spacial score (nSPS) is 24.8. The van der Waals surface area contributed by atoms with Crippen LogP contribution in [0.3, 0.4) is 0 Å². The number of nitriles is 1. The van der Waals surface area contributed by atoms with E-state index in [9.17, 15) is 4.79 Å². The molecule has 5 nitrogen and oxygen atoms in total. The van der Waals surface area contributed by atoms with Gasteiger partial charge in [0.05, 0.1) is 4.91 Å². The van der Waals surface area contributed by atoms with Crippen molar-refractivity contribution in [3.63, 3.8) is 0 Å². The number of carbonyl (C=O) groups excluding carboxylic acids is 1. The Morgan fingerprint density at radius 1 is 1.16 bits per heavy atom. The van der Waals surface area contributed by atoms with Crippen molar-refractivity contribution in [2.75, 3.05) is 11.9 Å². The summed E-state index contributed by atoms with van der Waals surface area (Å²) in [5.41, 5.74) is 1.66. The minimum atomic E-state index is -0.154. The number of benzene rings is 2. The third-order valence-corrected chi connectivity index (χ3v) is 7.04. The van der Waals surface area contributed by atoms with Gasteiger partial charge in [0.25, 0.3) is 5.91 Å². The van der Waals surface area contributed by atoms with Gasteiger partial charge in [0.1, 0.15) is 11.8 Å². The molecule has 1 saturated heterocycles. The fourth-order valence-corrected chi connectivity index (χ4v) is 5.55. The van der Waals surface area contributed by atoms with E-state index in [4.69, 9.17) is 10.00 Å². The van der Waals surface area contributed by atoms with E-state index in [-0.39, 0.29) is 24.1 Å². The molecule has 1 N–H and O–H groups in total. The number of rotatable bonds is 6. The lowest BCUT2D eigenvalue weighted by Crippen LogP contribution is -2.48. The van der Waals surface area contributed by atoms with Crippen molar-refractivity contribution < 1.29 is 9.53 Å². The van der Waals surface area contributed by atoms with Gasteiger partial charge in [0, 0.05) is 17.3 Å². The Morgan fingerprint density at radius 3 is 2.68 bits per heavy atom. The van der Waals surface area contributed by atoms with Crippen LogP contribution in [-0.4, -0.2) is 29.0 Å². The highest BCUT2D eigenvalue weighted by Gasteiger charge is 2.42. The smallest absolute Gasteiger partial charge is 0.262 e. The van der Waals surface area contributed by atoms with Gasteiger partial charge in [0.15, 0.2) is 12.1 Å². The fraction of sp³-hybridized carbons (Fsp3) is 0.360. The summed E-state index contributed by atoms with van der Waals surface area (Å²) in [7, 11) is 0. The fourth-order valence-electron chi connectivity index (χ4n) is 4.35. The lowest BCUT2D eigenvalue weighted by molar-refractivity contribution is -0.129. The standard InChI is InChI=1S/C25H27N3O2S/c1-18-9-5-7-13-21(18)28-24(29)23(31-25(28)27-20-11-3-2-4-12-20)17-19-10-6-8-14-22(19)30-16-15-26/h2-4,6,8,10-12,14,17-18,21,25,27H,5,7,9,13,16H2,1H3/b23-17-/t18-,21+,25?/m1/s1. The summed E-state index contributed by atoms with van der Waals surface area (Å²) in [6.07, 6.45) is 6.48. The van der Waals surface area contributed by atoms with Gasteiger partial charge in [-0.2, -0.15) is 5.26 Å². The van der Waals surface area contributed by atoms with Crippen LogP contribution in [0.5, 0.6) is 5.75 Å². The average Bonchev–Trinajstić information content (AvgIpc) is 3.08. The zero-order chi connectivity index (χ0) is 21.6. The van der Waals surface area contributed by atoms with Crippen LogP contribution in [0.2, 0.25) is 0 Å². The molecule has 4 rings (SSSR count). The Bertz CT molecular complexity index is 986. The summed E-state index contributed by atoms with van der Waals surface area (Å²) in [4.78, 5) is 16.3. The van der Waals surface area contributed by atoms with Gasteiger partial charge in [0.2, 0.25) is 0 Å². The average molecular weight is 434 g/mol. The second-order valence-corrected chi connectivity index (χ2v) is 9.14. The van der Waals surface area contributed by atoms with E-state index in [1.54, 1.807) is 11.8 Å². The first-order chi connectivity index (χ1) is 15.2. The SMILES string of the molecule is C[C@@H]1CCCC[C@@H]1N1C(=O)/C(=C/c2ccccc2OCC#N)SC1Nc1ccccc1. The van der Waals surface area contributed by atoms with Gasteiger partial charge in [-0.1, -0.05) is 67.9 Å². The highest BCUT2D eigenvalue weighted by atomic mass is 32.2. The molecule has 1 heterocycles. The molecule has 0 bridgehead atoms. The van der Waals surface area contributed by atoms with Crippen LogP contribution in [0.4, 0.5) is 5.69 Å². The molecule has 0 spiro atoms. The lowest BCUT2D eigenvalue weighted by atomic mass is 9.85. The zero-order valence-corrected chi connectivity index (χ0v) is 18.5. The Balaban J connectivity index is 1.65. The molecule has 2 fully saturated rings. The van der Waals surface area contributed by atoms with Gasteiger partial charge >= 0.3 is 0 Å². The molecule has 0 radical (unpaired) electrons. The Kier molecular flexibility index (Phi) is 6.83. The van der Waals surface area contributed by atoms with E-state index < -0.39 is 0 Å². The van der Waals surface area contributed by atoms with E-state index in [0.717, 1.165) is 30.5 Å². The number of amides is 1. The highest BCUT2D eigenvalue weighted by Crippen LogP contribution is 2.42. The molecule has 2 aliphatic rings. The molecule has 1 saturated carbocycles. The van der Waals surface area contributed by atoms with E-state index in [1.165, 1.54) is 6.42 Å². The predicted octanol–water partition coefficient (Wildman–Crippen LogP) is 5.48. The van der Waals surface area contributed by atoms with Gasteiger partial charge < -0.3 is 15.0 Å². The van der Waals surface area contributed by atoms with Crippen molar-refractivity contribution in [2.45, 2.75) is 44.1 Å². The molecule has 1 unspecified atom stereocenters. The minimum absolute atomic E-state index is 0.0226. The molecular weight excluding hydrogens is 406 g/mol. The van der Waals surface area contributed by atoms with Crippen LogP contribution in [0.25, 0.3) is 6.08 Å². The van der Waals surface area contributed by atoms with Crippen LogP contribution in [0, 0.1) is 17.2 Å². The largest absolute Gasteiger partial charge is 0.478 e. The van der Waals surface area contributed by atoms with Crippen molar-refractivity contribution in [2.24, 2.45) is 5.92 Å². The number of carbonyl (C=O) groups is 1. The third-order valence-electron chi connectivity index (χ3n) is 5.92. The maximum atomic E-state index is 13.6. The summed E-state index contributed by atoms with van der Waals surface area (Å²) in [6.45, 7) is 2.24. The minimum Gasteiger partial charge on any atom is -0.478 e. The summed E-state index contributed by atoms with van der Waals surface area (Å²) in [5, 5.41) is 12.4.